The lowest BCUT2D eigenvalue weighted by molar-refractivity contribution is 0.0955. The van der Waals surface area contributed by atoms with Crippen molar-refractivity contribution in [2.75, 3.05) is 18.0 Å². The van der Waals surface area contributed by atoms with Crippen LogP contribution in [0.15, 0.2) is 53.6 Å². The van der Waals surface area contributed by atoms with Crippen LogP contribution in [0.5, 0.6) is 0 Å². The smallest absolute Gasteiger partial charge is 0.271 e. The van der Waals surface area contributed by atoms with Gasteiger partial charge >= 0.3 is 0 Å². The molecule has 0 unspecified atom stereocenters. The number of aryl methyl sites for hydroxylation is 1. The van der Waals surface area contributed by atoms with Gasteiger partial charge in [0, 0.05) is 24.3 Å². The van der Waals surface area contributed by atoms with E-state index in [1.165, 1.54) is 5.69 Å². The maximum Gasteiger partial charge on any atom is 0.271 e. The summed E-state index contributed by atoms with van der Waals surface area (Å²) in [5.74, 6) is -0.204. The van der Waals surface area contributed by atoms with Gasteiger partial charge < -0.3 is 4.90 Å². The Hall–Kier alpha value is -2.62. The molecule has 4 heteroatoms. The number of amides is 1. The molecule has 0 aliphatic carbocycles. The Balaban J connectivity index is 1.96. The lowest BCUT2D eigenvalue weighted by Crippen LogP contribution is -2.21. The molecule has 0 spiro atoms. The topological polar surface area (TPSA) is 44.7 Å². The van der Waals surface area contributed by atoms with Crippen LogP contribution in [0.2, 0.25) is 0 Å². The first kappa shape index (κ1) is 16.7. The Morgan fingerprint density at radius 3 is 2.43 bits per heavy atom. The monoisotopic (exact) mass is 309 g/mol. The van der Waals surface area contributed by atoms with Crippen LogP contribution in [0.1, 0.15) is 35.3 Å². The van der Waals surface area contributed by atoms with E-state index in [9.17, 15) is 4.79 Å². The molecule has 1 N–H and O–H groups in total. The highest BCUT2D eigenvalue weighted by atomic mass is 16.2. The molecule has 0 saturated carbocycles. The molecule has 4 nitrogen and oxygen atoms in total. The van der Waals surface area contributed by atoms with Crippen LogP contribution in [0.3, 0.4) is 0 Å². The zero-order valence-corrected chi connectivity index (χ0v) is 13.9. The van der Waals surface area contributed by atoms with Crippen LogP contribution in [0, 0.1) is 6.92 Å². The minimum atomic E-state index is -0.204. The first-order valence-electron chi connectivity index (χ1n) is 7.89. The first-order valence-corrected chi connectivity index (χ1v) is 7.89. The second-order valence-corrected chi connectivity index (χ2v) is 5.33. The van der Waals surface area contributed by atoms with Crippen LogP contribution in [-0.4, -0.2) is 25.2 Å². The van der Waals surface area contributed by atoms with Crippen LogP contribution in [0.25, 0.3) is 0 Å². The number of rotatable bonds is 6. The largest absolute Gasteiger partial charge is 0.372 e. The van der Waals surface area contributed by atoms with Crippen LogP contribution < -0.4 is 10.3 Å². The van der Waals surface area contributed by atoms with Crippen molar-refractivity contribution in [3.05, 3.63) is 65.2 Å². The van der Waals surface area contributed by atoms with Crippen LogP contribution >= 0.6 is 0 Å². The number of carbonyl (C=O) groups is 1. The zero-order valence-electron chi connectivity index (χ0n) is 13.9. The van der Waals surface area contributed by atoms with Gasteiger partial charge in [-0.05, 0) is 50.6 Å². The molecule has 0 aliphatic heterocycles. The normalized spacial score (nSPS) is 10.7. The van der Waals surface area contributed by atoms with Gasteiger partial charge in [0.1, 0.15) is 0 Å². The van der Waals surface area contributed by atoms with Crippen LogP contribution in [0.4, 0.5) is 5.69 Å². The van der Waals surface area contributed by atoms with E-state index in [1.54, 1.807) is 12.3 Å². The third kappa shape index (κ3) is 4.68. The zero-order chi connectivity index (χ0) is 16.7. The van der Waals surface area contributed by atoms with Crippen molar-refractivity contribution in [2.24, 2.45) is 5.10 Å². The Morgan fingerprint density at radius 2 is 1.83 bits per heavy atom. The van der Waals surface area contributed by atoms with Crippen molar-refractivity contribution in [3.8, 4) is 0 Å². The van der Waals surface area contributed by atoms with Crippen molar-refractivity contribution in [1.29, 1.82) is 0 Å². The Labute approximate surface area is 137 Å². The van der Waals surface area contributed by atoms with Gasteiger partial charge in [-0.1, -0.05) is 29.8 Å². The van der Waals surface area contributed by atoms with E-state index in [4.69, 9.17) is 0 Å². The van der Waals surface area contributed by atoms with Gasteiger partial charge in [-0.15, -0.1) is 0 Å². The van der Waals surface area contributed by atoms with E-state index < -0.39 is 0 Å². The Morgan fingerprint density at radius 1 is 1.13 bits per heavy atom. The molecule has 0 bridgehead atoms. The lowest BCUT2D eigenvalue weighted by Gasteiger charge is -2.20. The summed E-state index contributed by atoms with van der Waals surface area (Å²) < 4.78 is 0. The average molecular weight is 309 g/mol. The molecule has 0 radical (unpaired) electrons. The molecule has 0 aromatic heterocycles. The maximum absolute atomic E-state index is 12.0. The van der Waals surface area contributed by atoms with Gasteiger partial charge in [-0.2, -0.15) is 5.10 Å². The summed E-state index contributed by atoms with van der Waals surface area (Å²) >= 11 is 0. The summed E-state index contributed by atoms with van der Waals surface area (Å²) in [4.78, 5) is 14.3. The number of benzene rings is 2. The molecule has 2 aromatic carbocycles. The molecule has 23 heavy (non-hydrogen) atoms. The highest BCUT2D eigenvalue weighted by Gasteiger charge is 2.03. The predicted molar refractivity (Wildman–Crippen MR) is 96.2 cm³/mol. The fraction of sp³-hybridized carbons (Fsp3) is 0.263. The molecular weight excluding hydrogens is 286 g/mol. The van der Waals surface area contributed by atoms with E-state index in [0.29, 0.717) is 5.56 Å². The highest BCUT2D eigenvalue weighted by molar-refractivity contribution is 5.95. The van der Waals surface area contributed by atoms with Gasteiger partial charge in [-0.25, -0.2) is 5.43 Å². The molecule has 0 saturated heterocycles. The van der Waals surface area contributed by atoms with Crippen molar-refractivity contribution in [1.82, 2.24) is 5.43 Å². The number of hydrogen-bond donors (Lipinski definition) is 1. The van der Waals surface area contributed by atoms with Gasteiger partial charge in [0.25, 0.3) is 5.91 Å². The first-order chi connectivity index (χ1) is 11.1. The second-order valence-electron chi connectivity index (χ2n) is 5.33. The van der Waals surface area contributed by atoms with Crippen molar-refractivity contribution < 1.29 is 4.79 Å². The van der Waals surface area contributed by atoms with Gasteiger partial charge in [-0.3, -0.25) is 4.79 Å². The van der Waals surface area contributed by atoms with Crippen molar-refractivity contribution >= 4 is 17.8 Å². The van der Waals surface area contributed by atoms with E-state index in [2.05, 4.69) is 41.4 Å². The van der Waals surface area contributed by atoms with Gasteiger partial charge in [0.2, 0.25) is 0 Å². The number of hydrazone groups is 1. The minimum absolute atomic E-state index is 0.204. The quantitative estimate of drug-likeness (QED) is 0.654. The SMILES string of the molecule is CCN(CC)c1ccc(/C=N/NC(=O)c2cccc(C)c2)cc1. The summed E-state index contributed by atoms with van der Waals surface area (Å²) in [6, 6.07) is 15.6. The molecule has 1 amide bonds. The summed E-state index contributed by atoms with van der Waals surface area (Å²) in [5, 5.41) is 4.02. The lowest BCUT2D eigenvalue weighted by atomic mass is 10.1. The Bertz CT molecular complexity index is 673. The summed E-state index contributed by atoms with van der Waals surface area (Å²) in [7, 11) is 0. The third-order valence-electron chi connectivity index (χ3n) is 3.68. The fourth-order valence-electron chi connectivity index (χ4n) is 2.38. The average Bonchev–Trinajstić information content (AvgIpc) is 2.57. The van der Waals surface area contributed by atoms with E-state index in [-0.39, 0.29) is 5.91 Å². The number of carbonyl (C=O) groups excluding carboxylic acids is 1. The second kappa shape index (κ2) is 8.13. The molecule has 0 fully saturated rings. The summed E-state index contributed by atoms with van der Waals surface area (Å²) in [6.45, 7) is 8.20. The molecule has 0 aliphatic rings. The summed E-state index contributed by atoms with van der Waals surface area (Å²) in [6.07, 6.45) is 1.65. The number of anilines is 1. The molecule has 2 aromatic rings. The molecule has 120 valence electrons. The highest BCUT2D eigenvalue weighted by Crippen LogP contribution is 2.14. The Kier molecular flexibility index (Phi) is 5.92. The minimum Gasteiger partial charge on any atom is -0.372 e. The summed E-state index contributed by atoms with van der Waals surface area (Å²) in [5.41, 5.74) is 6.35. The van der Waals surface area contributed by atoms with Crippen molar-refractivity contribution in [2.45, 2.75) is 20.8 Å². The molecule has 0 heterocycles. The van der Waals surface area contributed by atoms with E-state index in [0.717, 1.165) is 24.2 Å². The van der Waals surface area contributed by atoms with E-state index in [1.807, 2.05) is 37.3 Å². The third-order valence-corrected chi connectivity index (χ3v) is 3.68. The van der Waals surface area contributed by atoms with Gasteiger partial charge in [0.05, 0.1) is 6.21 Å². The van der Waals surface area contributed by atoms with Crippen molar-refractivity contribution in [3.63, 3.8) is 0 Å². The number of nitrogens with zero attached hydrogens (tertiary/aromatic N) is 2. The fourth-order valence-corrected chi connectivity index (χ4v) is 2.38. The molecular formula is C19H23N3O. The predicted octanol–water partition coefficient (Wildman–Crippen LogP) is 3.61. The van der Waals surface area contributed by atoms with E-state index >= 15 is 0 Å². The van der Waals surface area contributed by atoms with Crippen LogP contribution in [-0.2, 0) is 0 Å². The molecule has 0 atom stereocenters. The number of nitrogens with one attached hydrogen (secondary N) is 1. The standard InChI is InChI=1S/C19H23N3O/c1-4-22(5-2)18-11-9-16(10-12-18)14-20-21-19(23)17-8-6-7-15(3)13-17/h6-14H,4-5H2,1-3H3,(H,21,23)/b20-14+. The van der Waals surface area contributed by atoms with Gasteiger partial charge in [0.15, 0.2) is 0 Å². The number of hydrogen-bond acceptors (Lipinski definition) is 3. The maximum atomic E-state index is 12.0. The molecule has 2 rings (SSSR count).